The summed E-state index contributed by atoms with van der Waals surface area (Å²) in [4.78, 5) is 23.1. The van der Waals surface area contributed by atoms with Crippen molar-refractivity contribution in [2.24, 2.45) is 0 Å². The Morgan fingerprint density at radius 2 is 2.00 bits per heavy atom. The lowest BCUT2D eigenvalue weighted by Gasteiger charge is -2.43. The van der Waals surface area contributed by atoms with Gasteiger partial charge in [-0.05, 0) is 38.7 Å². The predicted octanol–water partition coefficient (Wildman–Crippen LogP) is 2.60. The summed E-state index contributed by atoms with van der Waals surface area (Å²) < 4.78 is 1.40. The zero-order valence-corrected chi connectivity index (χ0v) is 13.8. The molecule has 7 nitrogen and oxygen atoms in total. The van der Waals surface area contributed by atoms with E-state index in [0.29, 0.717) is 11.4 Å². The first kappa shape index (κ1) is 16.2. The number of carbonyl (C=O) groups excluding carboxylic acids is 1. The maximum atomic E-state index is 12.5. The van der Waals surface area contributed by atoms with Gasteiger partial charge in [0, 0.05) is 0 Å². The number of aromatic nitrogens is 2. The van der Waals surface area contributed by atoms with Crippen LogP contribution in [0.25, 0.3) is 0 Å². The average Bonchev–Trinajstić information content (AvgIpc) is 2.78. The average molecular weight is 328 g/mol. The molecule has 1 fully saturated rings. The molecular weight excluding hydrogens is 308 g/mol. The van der Waals surface area contributed by atoms with Gasteiger partial charge >= 0.3 is 5.69 Å². The van der Waals surface area contributed by atoms with Crippen molar-refractivity contribution in [3.05, 3.63) is 57.4 Å². The number of nitro groups is 1. The highest BCUT2D eigenvalue weighted by molar-refractivity contribution is 5.77. The summed E-state index contributed by atoms with van der Waals surface area (Å²) in [6, 6.07) is 9.92. The van der Waals surface area contributed by atoms with Gasteiger partial charge in [-0.25, -0.2) is 0 Å². The zero-order valence-electron chi connectivity index (χ0n) is 13.8. The van der Waals surface area contributed by atoms with E-state index in [9.17, 15) is 14.9 Å². The van der Waals surface area contributed by atoms with Crippen LogP contribution in [-0.2, 0) is 16.9 Å². The fourth-order valence-corrected chi connectivity index (χ4v) is 3.32. The molecule has 0 radical (unpaired) electrons. The molecule has 1 aromatic carbocycles. The number of rotatable bonds is 5. The van der Waals surface area contributed by atoms with E-state index in [2.05, 4.69) is 10.4 Å². The van der Waals surface area contributed by atoms with Gasteiger partial charge in [-0.2, -0.15) is 5.10 Å². The molecule has 24 heavy (non-hydrogen) atoms. The van der Waals surface area contributed by atoms with E-state index in [0.717, 1.165) is 24.8 Å². The van der Waals surface area contributed by atoms with Gasteiger partial charge in [-0.3, -0.25) is 19.6 Å². The summed E-state index contributed by atoms with van der Waals surface area (Å²) in [5, 5.41) is 18.3. The van der Waals surface area contributed by atoms with E-state index in [1.165, 1.54) is 4.68 Å². The SMILES string of the molecule is Cc1nn(CC(=O)NC2(c3ccccc3)CCC2)c(C)c1[N+](=O)[O-]. The number of nitrogens with zero attached hydrogens (tertiary/aromatic N) is 3. The number of hydrogen-bond acceptors (Lipinski definition) is 4. The lowest BCUT2D eigenvalue weighted by molar-refractivity contribution is -0.386. The molecule has 1 saturated carbocycles. The van der Waals surface area contributed by atoms with Crippen LogP contribution in [0.2, 0.25) is 0 Å². The van der Waals surface area contributed by atoms with Gasteiger partial charge in [0.15, 0.2) is 0 Å². The Hall–Kier alpha value is -2.70. The van der Waals surface area contributed by atoms with Crippen molar-refractivity contribution in [2.75, 3.05) is 0 Å². The minimum Gasteiger partial charge on any atom is -0.345 e. The molecule has 1 N–H and O–H groups in total. The van der Waals surface area contributed by atoms with Gasteiger partial charge in [0.25, 0.3) is 0 Å². The Kier molecular flexibility index (Phi) is 4.09. The summed E-state index contributed by atoms with van der Waals surface area (Å²) in [6.45, 7) is 3.17. The lowest BCUT2D eigenvalue weighted by atomic mass is 9.72. The molecule has 1 aromatic heterocycles. The first-order chi connectivity index (χ1) is 11.4. The highest BCUT2D eigenvalue weighted by Crippen LogP contribution is 2.41. The Morgan fingerprint density at radius 1 is 1.33 bits per heavy atom. The molecule has 2 aromatic rings. The van der Waals surface area contributed by atoms with Crippen LogP contribution >= 0.6 is 0 Å². The van der Waals surface area contributed by atoms with Gasteiger partial charge < -0.3 is 5.32 Å². The maximum Gasteiger partial charge on any atom is 0.312 e. The second-order valence-electron chi connectivity index (χ2n) is 6.28. The van der Waals surface area contributed by atoms with Crippen LogP contribution in [0.1, 0.15) is 36.2 Å². The molecule has 0 bridgehead atoms. The topological polar surface area (TPSA) is 90.1 Å². The van der Waals surface area contributed by atoms with E-state index in [4.69, 9.17) is 0 Å². The van der Waals surface area contributed by atoms with Crippen molar-refractivity contribution in [3.8, 4) is 0 Å². The molecule has 1 amide bonds. The molecule has 1 aliphatic carbocycles. The number of carbonyl (C=O) groups is 1. The second kappa shape index (κ2) is 6.07. The van der Waals surface area contributed by atoms with E-state index in [1.807, 2.05) is 30.3 Å². The van der Waals surface area contributed by atoms with Gasteiger partial charge in [0.1, 0.15) is 17.9 Å². The van der Waals surface area contributed by atoms with Crippen LogP contribution in [0.15, 0.2) is 30.3 Å². The van der Waals surface area contributed by atoms with Crippen molar-refractivity contribution in [1.29, 1.82) is 0 Å². The van der Waals surface area contributed by atoms with Crippen molar-refractivity contribution in [1.82, 2.24) is 15.1 Å². The monoisotopic (exact) mass is 328 g/mol. The Morgan fingerprint density at radius 3 is 2.50 bits per heavy atom. The second-order valence-corrected chi connectivity index (χ2v) is 6.28. The van der Waals surface area contributed by atoms with Crippen LogP contribution < -0.4 is 5.32 Å². The van der Waals surface area contributed by atoms with E-state index in [1.54, 1.807) is 13.8 Å². The summed E-state index contributed by atoms with van der Waals surface area (Å²) >= 11 is 0. The standard InChI is InChI=1S/C17H20N4O3/c1-12-16(21(23)24)13(2)20(19-12)11-15(22)18-17(9-6-10-17)14-7-4-3-5-8-14/h3-5,7-8H,6,9-11H2,1-2H3,(H,18,22). The van der Waals surface area contributed by atoms with Gasteiger partial charge in [-0.1, -0.05) is 30.3 Å². The van der Waals surface area contributed by atoms with Crippen molar-refractivity contribution < 1.29 is 9.72 Å². The fourth-order valence-electron chi connectivity index (χ4n) is 3.32. The normalized spacial score (nSPS) is 15.6. The number of amides is 1. The van der Waals surface area contributed by atoms with E-state index in [-0.39, 0.29) is 23.7 Å². The third-order valence-corrected chi connectivity index (χ3v) is 4.73. The third kappa shape index (κ3) is 2.77. The highest BCUT2D eigenvalue weighted by Gasteiger charge is 2.40. The fraction of sp³-hybridized carbons (Fsp3) is 0.412. The number of hydrogen-bond donors (Lipinski definition) is 1. The molecule has 0 atom stereocenters. The Bertz CT molecular complexity index is 779. The highest BCUT2D eigenvalue weighted by atomic mass is 16.6. The van der Waals surface area contributed by atoms with E-state index < -0.39 is 4.92 Å². The Balaban J connectivity index is 1.77. The molecule has 0 aliphatic heterocycles. The van der Waals surface area contributed by atoms with Crippen molar-refractivity contribution in [2.45, 2.75) is 45.2 Å². The van der Waals surface area contributed by atoms with E-state index >= 15 is 0 Å². The summed E-state index contributed by atoms with van der Waals surface area (Å²) in [7, 11) is 0. The molecule has 0 spiro atoms. The molecule has 1 aliphatic rings. The smallest absolute Gasteiger partial charge is 0.312 e. The molecular formula is C17H20N4O3. The first-order valence-electron chi connectivity index (χ1n) is 7.98. The molecule has 3 rings (SSSR count). The molecule has 7 heteroatoms. The number of benzene rings is 1. The van der Waals surface area contributed by atoms with Gasteiger partial charge in [0.05, 0.1) is 10.5 Å². The minimum absolute atomic E-state index is 0.0188. The van der Waals surface area contributed by atoms with Crippen LogP contribution in [-0.4, -0.2) is 20.6 Å². The van der Waals surface area contributed by atoms with Crippen LogP contribution in [0, 0.1) is 24.0 Å². The third-order valence-electron chi connectivity index (χ3n) is 4.73. The first-order valence-corrected chi connectivity index (χ1v) is 7.98. The summed E-state index contributed by atoms with van der Waals surface area (Å²) in [5.74, 6) is -0.181. The predicted molar refractivity (Wildman–Crippen MR) is 88.5 cm³/mol. The molecule has 126 valence electrons. The summed E-state index contributed by atoms with van der Waals surface area (Å²) in [5.41, 5.74) is 1.48. The number of aryl methyl sites for hydroxylation is 1. The quantitative estimate of drug-likeness (QED) is 0.675. The van der Waals surface area contributed by atoms with Crippen molar-refractivity contribution >= 4 is 11.6 Å². The van der Waals surface area contributed by atoms with Crippen LogP contribution in [0.4, 0.5) is 5.69 Å². The Labute approximate surface area is 139 Å². The number of nitrogens with one attached hydrogen (secondary N) is 1. The van der Waals surface area contributed by atoms with Gasteiger partial charge in [0.2, 0.25) is 5.91 Å². The molecule has 1 heterocycles. The lowest BCUT2D eigenvalue weighted by Crippen LogP contribution is -2.51. The van der Waals surface area contributed by atoms with Crippen LogP contribution in [0.3, 0.4) is 0 Å². The summed E-state index contributed by atoms with van der Waals surface area (Å²) in [6.07, 6.45) is 2.88. The van der Waals surface area contributed by atoms with Crippen molar-refractivity contribution in [3.63, 3.8) is 0 Å². The molecule has 0 unspecified atom stereocenters. The largest absolute Gasteiger partial charge is 0.345 e. The van der Waals surface area contributed by atoms with Crippen LogP contribution in [0.5, 0.6) is 0 Å². The maximum absolute atomic E-state index is 12.5. The molecule has 0 saturated heterocycles. The van der Waals surface area contributed by atoms with Gasteiger partial charge in [-0.15, -0.1) is 0 Å². The minimum atomic E-state index is -0.455. The zero-order chi connectivity index (χ0) is 17.3.